The molecule has 1 aromatic heterocycles. The van der Waals surface area contributed by atoms with E-state index in [1.807, 2.05) is 19.1 Å². The Morgan fingerprint density at radius 1 is 1.12 bits per heavy atom. The summed E-state index contributed by atoms with van der Waals surface area (Å²) in [6, 6.07) is 14.8. The number of carbonyl (C=O) groups excluding carboxylic acids is 2. The van der Waals surface area contributed by atoms with Crippen LogP contribution in [0.3, 0.4) is 0 Å². The summed E-state index contributed by atoms with van der Waals surface area (Å²) in [5.41, 5.74) is 1.42. The summed E-state index contributed by atoms with van der Waals surface area (Å²) in [5, 5.41) is 10.8. The molecule has 0 aliphatic rings. The maximum atomic E-state index is 13.3. The fourth-order valence-corrected chi connectivity index (χ4v) is 3.26. The van der Waals surface area contributed by atoms with E-state index in [1.165, 1.54) is 4.68 Å². The minimum Gasteiger partial charge on any atom is -0.400 e. The Labute approximate surface area is 187 Å². The summed E-state index contributed by atoms with van der Waals surface area (Å²) in [7, 11) is 1.00. The molecule has 0 aliphatic heterocycles. The van der Waals surface area contributed by atoms with Crippen molar-refractivity contribution >= 4 is 24.1 Å². The first-order valence-electron chi connectivity index (χ1n) is 9.46. The van der Waals surface area contributed by atoms with E-state index in [0.29, 0.717) is 28.1 Å². The van der Waals surface area contributed by atoms with Gasteiger partial charge in [-0.15, -0.1) is 0 Å². The lowest BCUT2D eigenvalue weighted by atomic mass is 10.1. The molecule has 1 heterocycles. The van der Waals surface area contributed by atoms with Gasteiger partial charge in [0.25, 0.3) is 0 Å². The van der Waals surface area contributed by atoms with Gasteiger partial charge in [0.05, 0.1) is 11.4 Å². The number of alkyl halides is 3. The summed E-state index contributed by atoms with van der Waals surface area (Å²) < 4.78 is 43.7. The van der Waals surface area contributed by atoms with Gasteiger partial charge in [0.1, 0.15) is 6.29 Å². The first kappa shape index (κ1) is 25.2. The largest absolute Gasteiger partial charge is 0.435 e. The van der Waals surface area contributed by atoms with Gasteiger partial charge in [-0.05, 0) is 49.2 Å². The van der Waals surface area contributed by atoms with Crippen LogP contribution in [0.1, 0.15) is 24.1 Å². The van der Waals surface area contributed by atoms with E-state index in [2.05, 4.69) is 9.82 Å². The van der Waals surface area contributed by atoms with Crippen LogP contribution in [0.5, 0.6) is 0 Å². The molecule has 0 bridgehead atoms. The zero-order chi connectivity index (χ0) is 23.7. The maximum absolute atomic E-state index is 13.3. The predicted octanol–water partition coefficient (Wildman–Crippen LogP) is 4.58. The number of rotatable bonds is 7. The van der Waals surface area contributed by atoms with E-state index in [9.17, 15) is 22.8 Å². The average molecular weight is 465 g/mol. The van der Waals surface area contributed by atoms with Crippen molar-refractivity contribution in [2.24, 2.45) is 0 Å². The summed E-state index contributed by atoms with van der Waals surface area (Å²) in [4.78, 5) is 22.6. The summed E-state index contributed by atoms with van der Waals surface area (Å²) in [6.45, 7) is 1.90. The molecule has 32 heavy (non-hydrogen) atoms. The summed E-state index contributed by atoms with van der Waals surface area (Å²) in [5.74, 6) is -0.278. The molecule has 2 N–H and O–H groups in total. The van der Waals surface area contributed by atoms with Gasteiger partial charge in [0.15, 0.2) is 5.69 Å². The highest BCUT2D eigenvalue weighted by Gasteiger charge is 2.35. The van der Waals surface area contributed by atoms with E-state index < -0.39 is 11.9 Å². The minimum atomic E-state index is -4.56. The van der Waals surface area contributed by atoms with Crippen LogP contribution in [0, 0.1) is 6.92 Å². The number of halogens is 3. The Morgan fingerprint density at radius 2 is 1.75 bits per heavy atom. The Bertz CT molecular complexity index is 1030. The standard InChI is InChI=1S/C21H18F3N3O2S.CH4O/c1-14-4-6-15(7-5-14)18-13-19(21(22,23)24)25-27(18)16-8-10-17(11-9-16)30-26-20(29)3-2-12-28;1-2/h4-13H,2-3H2,1H3,(H,26,29);2H,1H3. The molecule has 0 unspecified atom stereocenters. The molecule has 0 radical (unpaired) electrons. The molecule has 1 amide bonds. The SMILES string of the molecule is CO.Cc1ccc(-c2cc(C(F)(F)F)nn2-c2ccc(SNC(=O)CCC=O)cc2)cc1. The van der Waals surface area contributed by atoms with Gasteiger partial charge in [-0.1, -0.05) is 29.8 Å². The molecule has 170 valence electrons. The molecule has 6 nitrogen and oxygen atoms in total. The zero-order valence-corrected chi connectivity index (χ0v) is 18.2. The zero-order valence-electron chi connectivity index (χ0n) is 17.4. The number of carbonyl (C=O) groups is 2. The fourth-order valence-electron chi connectivity index (χ4n) is 2.66. The van der Waals surface area contributed by atoms with Crippen LogP contribution >= 0.6 is 11.9 Å². The molecule has 3 aromatic rings. The van der Waals surface area contributed by atoms with E-state index in [-0.39, 0.29) is 18.7 Å². The number of amides is 1. The number of aryl methyl sites for hydroxylation is 1. The van der Waals surface area contributed by atoms with Crippen molar-refractivity contribution in [1.29, 1.82) is 0 Å². The molecule has 10 heteroatoms. The van der Waals surface area contributed by atoms with Crippen molar-refractivity contribution in [3.8, 4) is 16.9 Å². The number of aliphatic hydroxyl groups is 1. The predicted molar refractivity (Wildman–Crippen MR) is 116 cm³/mol. The van der Waals surface area contributed by atoms with Gasteiger partial charge in [0, 0.05) is 30.4 Å². The second-order valence-electron chi connectivity index (χ2n) is 6.52. The molecule has 0 saturated heterocycles. The summed E-state index contributed by atoms with van der Waals surface area (Å²) >= 11 is 1.07. The highest BCUT2D eigenvalue weighted by Crippen LogP contribution is 2.33. The number of hydrogen-bond donors (Lipinski definition) is 2. The molecular formula is C22H22F3N3O3S. The van der Waals surface area contributed by atoms with Crippen LogP contribution in [-0.4, -0.2) is 34.2 Å². The van der Waals surface area contributed by atoms with Crippen LogP contribution in [0.25, 0.3) is 16.9 Å². The van der Waals surface area contributed by atoms with Gasteiger partial charge < -0.3 is 9.90 Å². The number of aldehydes is 1. The van der Waals surface area contributed by atoms with Crippen LogP contribution in [0.4, 0.5) is 13.2 Å². The lowest BCUT2D eigenvalue weighted by Crippen LogP contribution is -2.15. The van der Waals surface area contributed by atoms with Gasteiger partial charge >= 0.3 is 6.18 Å². The lowest BCUT2D eigenvalue weighted by molar-refractivity contribution is -0.141. The second-order valence-corrected chi connectivity index (χ2v) is 7.40. The Hall–Kier alpha value is -3.11. The lowest BCUT2D eigenvalue weighted by Gasteiger charge is -2.09. The number of nitrogens with zero attached hydrogens (tertiary/aromatic N) is 2. The Kier molecular flexibility index (Phi) is 9.03. The molecule has 2 aromatic carbocycles. The molecule has 0 spiro atoms. The summed E-state index contributed by atoms with van der Waals surface area (Å²) in [6.07, 6.45) is -3.65. The van der Waals surface area contributed by atoms with Gasteiger partial charge in [0.2, 0.25) is 5.91 Å². The van der Waals surface area contributed by atoms with Crippen LogP contribution in [-0.2, 0) is 15.8 Å². The average Bonchev–Trinajstić information content (AvgIpc) is 3.24. The molecular weight excluding hydrogens is 443 g/mol. The third-order valence-electron chi connectivity index (χ3n) is 4.20. The van der Waals surface area contributed by atoms with E-state index >= 15 is 0 Å². The smallest absolute Gasteiger partial charge is 0.400 e. The fraction of sp³-hybridized carbons (Fsp3) is 0.227. The number of aliphatic hydroxyl groups excluding tert-OH is 1. The van der Waals surface area contributed by atoms with Crippen molar-refractivity contribution in [2.45, 2.75) is 30.8 Å². The topological polar surface area (TPSA) is 84.2 Å². The first-order chi connectivity index (χ1) is 15.3. The normalized spacial score (nSPS) is 10.8. The minimum absolute atomic E-state index is 0.0992. The highest BCUT2D eigenvalue weighted by molar-refractivity contribution is 7.98. The Morgan fingerprint density at radius 3 is 2.31 bits per heavy atom. The quantitative estimate of drug-likeness (QED) is 0.394. The van der Waals surface area contributed by atoms with Crippen molar-refractivity contribution in [1.82, 2.24) is 14.5 Å². The van der Waals surface area contributed by atoms with E-state index in [0.717, 1.165) is 30.7 Å². The van der Waals surface area contributed by atoms with Crippen molar-refractivity contribution in [3.63, 3.8) is 0 Å². The highest BCUT2D eigenvalue weighted by atomic mass is 32.2. The van der Waals surface area contributed by atoms with E-state index in [4.69, 9.17) is 5.11 Å². The second kappa shape index (κ2) is 11.5. The molecule has 0 fully saturated rings. The van der Waals surface area contributed by atoms with Crippen molar-refractivity contribution in [2.75, 3.05) is 7.11 Å². The van der Waals surface area contributed by atoms with Gasteiger partial charge in [-0.25, -0.2) is 4.68 Å². The van der Waals surface area contributed by atoms with Crippen molar-refractivity contribution < 1.29 is 27.9 Å². The molecule has 0 aliphatic carbocycles. The van der Waals surface area contributed by atoms with Gasteiger partial charge in [-0.2, -0.15) is 18.3 Å². The van der Waals surface area contributed by atoms with Crippen molar-refractivity contribution in [3.05, 3.63) is 65.9 Å². The number of aromatic nitrogens is 2. The van der Waals surface area contributed by atoms with Crippen LogP contribution in [0.2, 0.25) is 0 Å². The number of hydrogen-bond acceptors (Lipinski definition) is 5. The molecule has 3 rings (SSSR count). The number of nitrogens with one attached hydrogen (secondary N) is 1. The van der Waals surface area contributed by atoms with E-state index in [1.54, 1.807) is 36.4 Å². The third-order valence-corrected chi connectivity index (χ3v) is 5.04. The molecule has 0 saturated carbocycles. The number of benzene rings is 2. The Balaban J connectivity index is 0.00000176. The monoisotopic (exact) mass is 465 g/mol. The third kappa shape index (κ3) is 6.69. The molecule has 0 atom stereocenters. The van der Waals surface area contributed by atoms with Crippen LogP contribution in [0.15, 0.2) is 59.5 Å². The maximum Gasteiger partial charge on any atom is 0.435 e. The van der Waals surface area contributed by atoms with Crippen LogP contribution < -0.4 is 4.72 Å². The first-order valence-corrected chi connectivity index (χ1v) is 10.3. The van der Waals surface area contributed by atoms with Gasteiger partial charge in [-0.3, -0.25) is 9.52 Å².